The Labute approximate surface area is 130 Å². The summed E-state index contributed by atoms with van der Waals surface area (Å²) in [4.78, 5) is 23.5. The van der Waals surface area contributed by atoms with E-state index in [2.05, 4.69) is 10.1 Å². The first-order chi connectivity index (χ1) is 10.4. The quantitative estimate of drug-likeness (QED) is 0.671. The first-order valence-corrected chi connectivity index (χ1v) is 6.48. The molecule has 2 aromatic carbocycles. The zero-order valence-electron chi connectivity index (χ0n) is 11.4. The molecule has 0 aliphatic rings. The van der Waals surface area contributed by atoms with Gasteiger partial charge in [-0.3, -0.25) is 4.79 Å². The van der Waals surface area contributed by atoms with Crippen LogP contribution in [0.5, 0.6) is 5.75 Å². The lowest BCUT2D eigenvalue weighted by atomic mass is 10.1. The monoisotopic (exact) mass is 323 g/mol. The molecule has 0 spiro atoms. The van der Waals surface area contributed by atoms with Crippen molar-refractivity contribution >= 4 is 29.2 Å². The lowest BCUT2D eigenvalue weighted by Gasteiger charge is -2.10. The molecule has 1 amide bonds. The number of hydrogen-bond acceptors (Lipinski definition) is 4. The average Bonchev–Trinajstić information content (AvgIpc) is 2.51. The van der Waals surface area contributed by atoms with E-state index < -0.39 is 23.4 Å². The van der Waals surface area contributed by atoms with Gasteiger partial charge in [-0.2, -0.15) is 0 Å². The highest BCUT2D eigenvalue weighted by Gasteiger charge is 2.17. The maximum Gasteiger partial charge on any atom is 0.341 e. The number of esters is 1. The number of para-hydroxylation sites is 1. The summed E-state index contributed by atoms with van der Waals surface area (Å²) >= 11 is 5.61. The Bertz CT molecular complexity index is 748. The minimum Gasteiger partial charge on any atom is -0.505 e. The molecule has 2 aromatic rings. The van der Waals surface area contributed by atoms with Crippen LogP contribution in [0.2, 0.25) is 5.02 Å². The molecule has 0 unspecified atom stereocenters. The number of carbonyl (C=O) groups is 2. The Morgan fingerprint density at radius 1 is 1.27 bits per heavy atom. The second kappa shape index (κ2) is 6.44. The minimum absolute atomic E-state index is 0.0216. The predicted molar refractivity (Wildman–Crippen MR) is 78.8 cm³/mol. The highest BCUT2D eigenvalue weighted by Crippen LogP contribution is 2.28. The molecule has 0 saturated carbocycles. The first-order valence-electron chi connectivity index (χ1n) is 6.10. The van der Waals surface area contributed by atoms with Crippen molar-refractivity contribution in [3.05, 3.63) is 58.4 Å². The van der Waals surface area contributed by atoms with Crippen LogP contribution in [-0.2, 0) is 4.74 Å². The fourth-order valence-electron chi connectivity index (χ4n) is 1.75. The SMILES string of the molecule is COC(=O)c1cccc(NC(=O)c2ccc(F)c(Cl)c2)c1O. The Morgan fingerprint density at radius 3 is 2.64 bits per heavy atom. The van der Waals surface area contributed by atoms with Gasteiger partial charge in [-0.15, -0.1) is 0 Å². The molecule has 22 heavy (non-hydrogen) atoms. The maximum atomic E-state index is 13.1. The van der Waals surface area contributed by atoms with E-state index in [9.17, 15) is 19.1 Å². The Balaban J connectivity index is 2.28. The van der Waals surface area contributed by atoms with Crippen LogP contribution >= 0.6 is 11.6 Å². The highest BCUT2D eigenvalue weighted by molar-refractivity contribution is 6.31. The number of halogens is 2. The predicted octanol–water partition coefficient (Wildman–Crippen LogP) is 3.22. The van der Waals surface area contributed by atoms with Crippen molar-refractivity contribution in [2.45, 2.75) is 0 Å². The fourth-order valence-corrected chi connectivity index (χ4v) is 1.93. The molecular formula is C15H11ClFNO4. The molecule has 0 aliphatic carbocycles. The summed E-state index contributed by atoms with van der Waals surface area (Å²) in [5.74, 6) is -2.41. The third-order valence-electron chi connectivity index (χ3n) is 2.87. The van der Waals surface area contributed by atoms with Crippen LogP contribution in [0.15, 0.2) is 36.4 Å². The lowest BCUT2D eigenvalue weighted by molar-refractivity contribution is 0.0597. The number of ether oxygens (including phenoxy) is 1. The van der Waals surface area contributed by atoms with Gasteiger partial charge in [-0.25, -0.2) is 9.18 Å². The standard InChI is InChI=1S/C15H11ClFNO4/c1-22-15(21)9-3-2-4-12(13(9)19)18-14(20)8-5-6-11(17)10(16)7-8/h2-7,19H,1H3,(H,18,20). The summed E-state index contributed by atoms with van der Waals surface area (Å²) in [6.45, 7) is 0. The molecule has 0 heterocycles. The molecule has 0 fully saturated rings. The molecular weight excluding hydrogens is 313 g/mol. The summed E-state index contributed by atoms with van der Waals surface area (Å²) in [6, 6.07) is 7.70. The van der Waals surface area contributed by atoms with Crippen molar-refractivity contribution in [3.8, 4) is 5.75 Å². The zero-order chi connectivity index (χ0) is 16.3. The summed E-state index contributed by atoms with van der Waals surface area (Å²) in [5.41, 5.74) is 0.0417. The van der Waals surface area contributed by atoms with E-state index >= 15 is 0 Å². The summed E-state index contributed by atoms with van der Waals surface area (Å²) in [7, 11) is 1.17. The topological polar surface area (TPSA) is 75.6 Å². The normalized spacial score (nSPS) is 10.1. The van der Waals surface area contributed by atoms with Crippen LogP contribution < -0.4 is 5.32 Å². The summed E-state index contributed by atoms with van der Waals surface area (Å²) in [5, 5.41) is 12.2. The van der Waals surface area contributed by atoms with Gasteiger partial charge in [-0.1, -0.05) is 17.7 Å². The van der Waals surface area contributed by atoms with Crippen LogP contribution in [-0.4, -0.2) is 24.1 Å². The largest absolute Gasteiger partial charge is 0.505 e. The van der Waals surface area contributed by atoms with Gasteiger partial charge in [0.1, 0.15) is 11.4 Å². The van der Waals surface area contributed by atoms with Gasteiger partial charge in [0.25, 0.3) is 5.91 Å². The third-order valence-corrected chi connectivity index (χ3v) is 3.16. The van der Waals surface area contributed by atoms with Crippen molar-refractivity contribution in [1.82, 2.24) is 0 Å². The van der Waals surface area contributed by atoms with E-state index in [1.165, 1.54) is 31.4 Å². The number of phenols is 1. The second-order valence-corrected chi connectivity index (χ2v) is 4.68. The number of hydrogen-bond donors (Lipinski definition) is 2. The number of amides is 1. The number of carbonyl (C=O) groups excluding carboxylic acids is 2. The van der Waals surface area contributed by atoms with Gasteiger partial charge in [0.15, 0.2) is 5.75 Å². The molecule has 0 radical (unpaired) electrons. The number of nitrogens with one attached hydrogen (secondary N) is 1. The Hall–Kier alpha value is -2.60. The minimum atomic E-state index is -0.738. The van der Waals surface area contributed by atoms with Crippen molar-refractivity contribution < 1.29 is 23.8 Å². The van der Waals surface area contributed by atoms with Crippen LogP contribution in [0.3, 0.4) is 0 Å². The number of rotatable bonds is 3. The molecule has 2 rings (SSSR count). The molecule has 7 heteroatoms. The van der Waals surface area contributed by atoms with E-state index in [4.69, 9.17) is 11.6 Å². The van der Waals surface area contributed by atoms with Crippen molar-refractivity contribution in [3.63, 3.8) is 0 Å². The number of aromatic hydroxyl groups is 1. The zero-order valence-corrected chi connectivity index (χ0v) is 12.1. The van der Waals surface area contributed by atoms with E-state index in [0.717, 1.165) is 12.1 Å². The van der Waals surface area contributed by atoms with Gasteiger partial charge < -0.3 is 15.2 Å². The summed E-state index contributed by atoms with van der Waals surface area (Å²) < 4.78 is 17.6. The summed E-state index contributed by atoms with van der Waals surface area (Å²) in [6.07, 6.45) is 0. The van der Waals surface area contributed by atoms with Gasteiger partial charge >= 0.3 is 5.97 Å². The van der Waals surface area contributed by atoms with E-state index in [1.807, 2.05) is 0 Å². The number of anilines is 1. The second-order valence-electron chi connectivity index (χ2n) is 4.28. The molecule has 0 saturated heterocycles. The van der Waals surface area contributed by atoms with E-state index in [-0.39, 0.29) is 21.8 Å². The molecule has 2 N–H and O–H groups in total. The van der Waals surface area contributed by atoms with E-state index in [1.54, 1.807) is 0 Å². The molecule has 0 aromatic heterocycles. The van der Waals surface area contributed by atoms with Crippen molar-refractivity contribution in [1.29, 1.82) is 0 Å². The molecule has 114 valence electrons. The molecule has 0 bridgehead atoms. The highest BCUT2D eigenvalue weighted by atomic mass is 35.5. The fraction of sp³-hybridized carbons (Fsp3) is 0.0667. The maximum absolute atomic E-state index is 13.1. The molecule has 0 aliphatic heterocycles. The Kier molecular flexibility index (Phi) is 4.62. The molecule has 0 atom stereocenters. The average molecular weight is 324 g/mol. The van der Waals surface area contributed by atoms with Crippen LogP contribution in [0.4, 0.5) is 10.1 Å². The smallest absolute Gasteiger partial charge is 0.341 e. The van der Waals surface area contributed by atoms with Crippen molar-refractivity contribution in [2.24, 2.45) is 0 Å². The van der Waals surface area contributed by atoms with Crippen LogP contribution in [0.1, 0.15) is 20.7 Å². The number of phenolic OH excluding ortho intramolecular Hbond substituents is 1. The van der Waals surface area contributed by atoms with Gasteiger partial charge in [0.05, 0.1) is 17.8 Å². The molecule has 5 nitrogen and oxygen atoms in total. The van der Waals surface area contributed by atoms with E-state index in [0.29, 0.717) is 0 Å². The first kappa shape index (κ1) is 15.8. The van der Waals surface area contributed by atoms with Crippen LogP contribution in [0.25, 0.3) is 0 Å². The van der Waals surface area contributed by atoms with Gasteiger partial charge in [0.2, 0.25) is 0 Å². The van der Waals surface area contributed by atoms with Gasteiger partial charge in [0, 0.05) is 5.56 Å². The van der Waals surface area contributed by atoms with Gasteiger partial charge in [-0.05, 0) is 30.3 Å². The third kappa shape index (κ3) is 3.17. The number of benzene rings is 2. The lowest BCUT2D eigenvalue weighted by Crippen LogP contribution is -2.13. The van der Waals surface area contributed by atoms with Crippen LogP contribution in [0, 0.1) is 5.82 Å². The van der Waals surface area contributed by atoms with Crippen molar-refractivity contribution in [2.75, 3.05) is 12.4 Å². The Morgan fingerprint density at radius 2 is 2.00 bits per heavy atom. The number of methoxy groups -OCH3 is 1.